The topological polar surface area (TPSA) is 111 Å². The van der Waals surface area contributed by atoms with Crippen molar-refractivity contribution in [3.05, 3.63) is 22.2 Å². The summed E-state index contributed by atoms with van der Waals surface area (Å²) < 4.78 is 19.0. The third-order valence-electron chi connectivity index (χ3n) is 2.89. The van der Waals surface area contributed by atoms with Crippen LogP contribution >= 0.6 is 0 Å². The zero-order valence-corrected chi connectivity index (χ0v) is 9.65. The average molecular weight is 259 g/mol. The number of halogens is 1. The number of rotatable bonds is 2. The molecule has 0 radical (unpaired) electrons. The first-order chi connectivity index (χ1) is 8.40. The van der Waals surface area contributed by atoms with Crippen LogP contribution in [0.25, 0.3) is 0 Å². The Kier molecular flexibility index (Phi) is 3.33. The summed E-state index contributed by atoms with van der Waals surface area (Å²) in [6.07, 6.45) is -4.29. The van der Waals surface area contributed by atoms with E-state index in [1.54, 1.807) is 6.92 Å². The highest BCUT2D eigenvalue weighted by atomic mass is 19.1. The number of ether oxygens (including phenoxy) is 1. The summed E-state index contributed by atoms with van der Waals surface area (Å²) >= 11 is 0. The van der Waals surface area contributed by atoms with E-state index in [0.29, 0.717) is 5.56 Å². The summed E-state index contributed by atoms with van der Waals surface area (Å²) in [5.74, 6) is 0.108. The van der Waals surface area contributed by atoms with E-state index >= 15 is 0 Å². The number of anilines is 1. The molecule has 18 heavy (non-hydrogen) atoms. The van der Waals surface area contributed by atoms with Gasteiger partial charge < -0.3 is 20.7 Å². The summed E-state index contributed by atoms with van der Waals surface area (Å²) in [5, 5.41) is 18.3. The fraction of sp³-hybridized carbons (Fsp3) is 0.600. The lowest BCUT2D eigenvalue weighted by molar-refractivity contribution is -0.130. The molecule has 1 aromatic heterocycles. The summed E-state index contributed by atoms with van der Waals surface area (Å²) in [6.45, 7) is 1.66. The standard InChI is InChI=1S/C10H14FN3O4/c1-4-3-14(10(17)13-9(4)12)6-2-5(15)7(18-6)8(11)16/h3,5-8,15-16H,2H2,1H3,(H2,12,13,17)/t5-,6+,7-,8?/m0/s1. The summed E-state index contributed by atoms with van der Waals surface area (Å²) in [6, 6.07) is 0. The molecule has 1 unspecified atom stereocenters. The van der Waals surface area contributed by atoms with Gasteiger partial charge in [-0.1, -0.05) is 0 Å². The molecule has 1 saturated heterocycles. The van der Waals surface area contributed by atoms with Crippen molar-refractivity contribution in [3.8, 4) is 0 Å². The minimum atomic E-state index is -2.30. The molecule has 0 spiro atoms. The number of hydrogen-bond acceptors (Lipinski definition) is 6. The molecule has 4 atom stereocenters. The molecule has 2 heterocycles. The molecule has 8 heteroatoms. The van der Waals surface area contributed by atoms with E-state index in [-0.39, 0.29) is 12.2 Å². The minimum Gasteiger partial charge on any atom is -0.390 e. The Hall–Kier alpha value is -1.51. The quantitative estimate of drug-likeness (QED) is 0.633. The van der Waals surface area contributed by atoms with Crippen LogP contribution in [-0.2, 0) is 4.74 Å². The van der Waals surface area contributed by atoms with E-state index in [9.17, 15) is 14.3 Å². The van der Waals surface area contributed by atoms with Gasteiger partial charge >= 0.3 is 5.69 Å². The summed E-state index contributed by atoms with van der Waals surface area (Å²) in [5.41, 5.74) is 5.39. The number of hydrogen-bond donors (Lipinski definition) is 3. The summed E-state index contributed by atoms with van der Waals surface area (Å²) in [7, 11) is 0. The van der Waals surface area contributed by atoms with Crippen LogP contribution in [0.1, 0.15) is 18.2 Å². The third-order valence-corrected chi connectivity index (χ3v) is 2.89. The van der Waals surface area contributed by atoms with Gasteiger partial charge in [-0.05, 0) is 6.92 Å². The van der Waals surface area contributed by atoms with Gasteiger partial charge in [0.2, 0.25) is 6.36 Å². The highest BCUT2D eigenvalue weighted by molar-refractivity contribution is 5.35. The van der Waals surface area contributed by atoms with Crippen LogP contribution in [0.3, 0.4) is 0 Å². The van der Waals surface area contributed by atoms with Crippen molar-refractivity contribution in [2.24, 2.45) is 0 Å². The molecule has 4 N–H and O–H groups in total. The van der Waals surface area contributed by atoms with Crippen molar-refractivity contribution in [1.82, 2.24) is 9.55 Å². The van der Waals surface area contributed by atoms with Crippen LogP contribution in [0.2, 0.25) is 0 Å². The third kappa shape index (κ3) is 2.22. The molecule has 2 rings (SSSR count). The van der Waals surface area contributed by atoms with Gasteiger partial charge in [0.05, 0.1) is 6.10 Å². The van der Waals surface area contributed by atoms with E-state index in [4.69, 9.17) is 15.6 Å². The highest BCUT2D eigenvalue weighted by Gasteiger charge is 2.40. The minimum absolute atomic E-state index is 0.00338. The molecule has 0 saturated carbocycles. The number of aryl methyl sites for hydroxylation is 1. The first-order valence-corrected chi connectivity index (χ1v) is 5.41. The summed E-state index contributed by atoms with van der Waals surface area (Å²) in [4.78, 5) is 15.2. The highest BCUT2D eigenvalue weighted by Crippen LogP contribution is 2.30. The van der Waals surface area contributed by atoms with Crippen LogP contribution in [-0.4, -0.2) is 38.3 Å². The Morgan fingerprint density at radius 3 is 2.94 bits per heavy atom. The predicted octanol–water partition coefficient (Wildman–Crippen LogP) is -0.930. The van der Waals surface area contributed by atoms with Crippen LogP contribution in [0.4, 0.5) is 10.2 Å². The molecule has 1 fully saturated rings. The van der Waals surface area contributed by atoms with E-state index < -0.39 is 30.5 Å². The van der Waals surface area contributed by atoms with E-state index in [1.807, 2.05) is 0 Å². The van der Waals surface area contributed by atoms with Gasteiger partial charge in [-0.3, -0.25) is 4.57 Å². The lowest BCUT2D eigenvalue weighted by Crippen LogP contribution is -2.32. The molecule has 7 nitrogen and oxygen atoms in total. The number of aliphatic hydroxyl groups excluding tert-OH is 2. The van der Waals surface area contributed by atoms with Crippen molar-refractivity contribution in [1.29, 1.82) is 0 Å². The molecule has 100 valence electrons. The van der Waals surface area contributed by atoms with Gasteiger partial charge in [0.25, 0.3) is 0 Å². The van der Waals surface area contributed by atoms with Gasteiger partial charge in [-0.15, -0.1) is 0 Å². The monoisotopic (exact) mass is 259 g/mol. The molecule has 1 aliphatic rings. The number of nitrogen functional groups attached to an aromatic ring is 1. The number of nitrogens with zero attached hydrogens (tertiary/aromatic N) is 2. The van der Waals surface area contributed by atoms with Crippen molar-refractivity contribution in [2.45, 2.75) is 38.1 Å². The number of aliphatic hydroxyl groups is 2. The maximum absolute atomic E-state index is 12.7. The van der Waals surface area contributed by atoms with E-state index in [0.717, 1.165) is 4.57 Å². The van der Waals surface area contributed by atoms with Gasteiger partial charge in [0, 0.05) is 18.2 Å². The lowest BCUT2D eigenvalue weighted by Gasteiger charge is -2.16. The van der Waals surface area contributed by atoms with E-state index in [2.05, 4.69) is 4.98 Å². The van der Waals surface area contributed by atoms with Crippen LogP contribution in [0.5, 0.6) is 0 Å². The molecule has 0 amide bonds. The van der Waals surface area contributed by atoms with Crippen molar-refractivity contribution < 1.29 is 19.3 Å². The Balaban J connectivity index is 2.29. The maximum atomic E-state index is 12.7. The smallest absolute Gasteiger partial charge is 0.351 e. The maximum Gasteiger partial charge on any atom is 0.351 e. The zero-order chi connectivity index (χ0) is 13.4. The molecule has 0 bridgehead atoms. The van der Waals surface area contributed by atoms with Gasteiger partial charge in [0.1, 0.15) is 18.1 Å². The second-order valence-corrected chi connectivity index (χ2v) is 4.23. The lowest BCUT2D eigenvalue weighted by atomic mass is 10.2. The molecule has 0 aromatic carbocycles. The molecule has 1 aromatic rings. The predicted molar refractivity (Wildman–Crippen MR) is 59.3 cm³/mol. The Labute approximate surface area is 102 Å². The fourth-order valence-corrected chi connectivity index (χ4v) is 1.88. The van der Waals surface area contributed by atoms with Crippen molar-refractivity contribution in [2.75, 3.05) is 5.73 Å². The molecular weight excluding hydrogens is 245 g/mol. The van der Waals surface area contributed by atoms with Crippen LogP contribution in [0.15, 0.2) is 11.0 Å². The normalized spacial score (nSPS) is 29.4. The van der Waals surface area contributed by atoms with E-state index in [1.165, 1.54) is 6.20 Å². The molecule has 1 aliphatic heterocycles. The Bertz CT molecular complexity index is 504. The van der Waals surface area contributed by atoms with Gasteiger partial charge in [-0.25, -0.2) is 9.18 Å². The fourth-order valence-electron chi connectivity index (χ4n) is 1.88. The first kappa shape index (κ1) is 12.9. The molecule has 0 aliphatic carbocycles. The average Bonchev–Trinajstić information content (AvgIpc) is 2.65. The number of aromatic nitrogens is 2. The van der Waals surface area contributed by atoms with Crippen LogP contribution in [0, 0.1) is 6.92 Å². The number of nitrogens with two attached hydrogens (primary N) is 1. The Morgan fingerprint density at radius 2 is 2.39 bits per heavy atom. The van der Waals surface area contributed by atoms with Gasteiger partial charge in [0.15, 0.2) is 0 Å². The van der Waals surface area contributed by atoms with Gasteiger partial charge in [-0.2, -0.15) is 4.98 Å². The largest absolute Gasteiger partial charge is 0.390 e. The van der Waals surface area contributed by atoms with Crippen LogP contribution < -0.4 is 11.4 Å². The zero-order valence-electron chi connectivity index (χ0n) is 9.65. The van der Waals surface area contributed by atoms with Crippen molar-refractivity contribution >= 4 is 5.82 Å². The van der Waals surface area contributed by atoms with Crippen molar-refractivity contribution in [3.63, 3.8) is 0 Å². The number of alkyl halides is 1. The second kappa shape index (κ2) is 4.63. The first-order valence-electron chi connectivity index (χ1n) is 5.41. The Morgan fingerprint density at radius 1 is 1.72 bits per heavy atom. The second-order valence-electron chi connectivity index (χ2n) is 4.23. The SMILES string of the molecule is Cc1cn([C@H]2C[C@H](O)[C@@H](C(O)F)O2)c(=O)nc1N. The molecular formula is C10H14FN3O4.